The monoisotopic (exact) mass is 253 g/mol. The molecule has 3 heteroatoms. The average molecular weight is 254 g/mol. The third-order valence-corrected chi connectivity index (χ3v) is 3.87. The Hall–Kier alpha value is -0.570. The summed E-state index contributed by atoms with van der Waals surface area (Å²) in [7, 11) is 2.01. The van der Waals surface area contributed by atoms with E-state index in [1.54, 1.807) is 0 Å². The molecule has 1 atom stereocenters. The lowest BCUT2D eigenvalue weighted by atomic mass is 9.87. The molecule has 1 unspecified atom stereocenters. The van der Waals surface area contributed by atoms with Crippen LogP contribution in [0.2, 0.25) is 5.02 Å². The van der Waals surface area contributed by atoms with Gasteiger partial charge in [-0.15, -0.1) is 0 Å². The van der Waals surface area contributed by atoms with E-state index in [0.29, 0.717) is 12.0 Å². The van der Waals surface area contributed by atoms with Crippen molar-refractivity contribution < 1.29 is 4.74 Å². The molecule has 0 bridgehead atoms. The standard InChI is InChI=1S/C14H20ClNO/c1-10-3-4-12(13(15)9-10)14(16-2)11-5-7-17-8-6-11/h3-4,9,11,14,16H,5-8H2,1-2H3. The molecule has 1 aromatic rings. The van der Waals surface area contributed by atoms with Crippen LogP contribution in [-0.4, -0.2) is 20.3 Å². The predicted molar refractivity (Wildman–Crippen MR) is 71.5 cm³/mol. The molecular weight excluding hydrogens is 234 g/mol. The highest BCUT2D eigenvalue weighted by Gasteiger charge is 2.25. The number of aryl methyl sites for hydroxylation is 1. The first kappa shape index (κ1) is 12.9. The van der Waals surface area contributed by atoms with E-state index in [9.17, 15) is 0 Å². The number of nitrogens with one attached hydrogen (secondary N) is 1. The second kappa shape index (κ2) is 5.85. The number of ether oxygens (including phenoxy) is 1. The van der Waals surface area contributed by atoms with Gasteiger partial charge in [-0.2, -0.15) is 0 Å². The van der Waals surface area contributed by atoms with E-state index in [0.717, 1.165) is 31.1 Å². The van der Waals surface area contributed by atoms with Crippen molar-refractivity contribution in [3.8, 4) is 0 Å². The fourth-order valence-electron chi connectivity index (χ4n) is 2.58. The zero-order valence-corrected chi connectivity index (χ0v) is 11.3. The van der Waals surface area contributed by atoms with Crippen LogP contribution in [0.1, 0.15) is 30.0 Å². The van der Waals surface area contributed by atoms with Crippen LogP contribution in [0.15, 0.2) is 18.2 Å². The maximum absolute atomic E-state index is 6.35. The molecule has 0 radical (unpaired) electrons. The van der Waals surface area contributed by atoms with Crippen molar-refractivity contribution in [1.82, 2.24) is 5.32 Å². The van der Waals surface area contributed by atoms with Gasteiger partial charge in [0.25, 0.3) is 0 Å². The van der Waals surface area contributed by atoms with E-state index in [2.05, 4.69) is 24.4 Å². The highest BCUT2D eigenvalue weighted by atomic mass is 35.5. The van der Waals surface area contributed by atoms with Crippen LogP contribution in [0.5, 0.6) is 0 Å². The quantitative estimate of drug-likeness (QED) is 0.892. The van der Waals surface area contributed by atoms with Gasteiger partial charge < -0.3 is 10.1 Å². The molecule has 0 aromatic heterocycles. The smallest absolute Gasteiger partial charge is 0.0469 e. The Balaban J connectivity index is 2.21. The number of rotatable bonds is 3. The van der Waals surface area contributed by atoms with Crippen LogP contribution in [0, 0.1) is 12.8 Å². The minimum absolute atomic E-state index is 0.340. The lowest BCUT2D eigenvalue weighted by molar-refractivity contribution is 0.0546. The molecule has 1 heterocycles. The van der Waals surface area contributed by atoms with Crippen molar-refractivity contribution in [3.63, 3.8) is 0 Å². The normalized spacial score (nSPS) is 19.2. The van der Waals surface area contributed by atoms with E-state index in [1.807, 2.05) is 13.1 Å². The molecule has 0 spiro atoms. The highest BCUT2D eigenvalue weighted by molar-refractivity contribution is 6.31. The Bertz CT molecular complexity index is 374. The van der Waals surface area contributed by atoms with Gasteiger partial charge in [0.1, 0.15) is 0 Å². The molecule has 1 fully saturated rings. The Kier molecular flexibility index (Phi) is 4.43. The fraction of sp³-hybridized carbons (Fsp3) is 0.571. The second-order valence-electron chi connectivity index (χ2n) is 4.74. The summed E-state index contributed by atoms with van der Waals surface area (Å²) in [6, 6.07) is 6.66. The SMILES string of the molecule is CNC(c1ccc(C)cc1Cl)C1CCOCC1. The molecule has 2 nitrogen and oxygen atoms in total. The second-order valence-corrected chi connectivity index (χ2v) is 5.15. The van der Waals surface area contributed by atoms with Crippen molar-refractivity contribution in [2.75, 3.05) is 20.3 Å². The number of halogens is 1. The summed E-state index contributed by atoms with van der Waals surface area (Å²) in [6.07, 6.45) is 2.21. The molecule has 1 aliphatic rings. The summed E-state index contributed by atoms with van der Waals surface area (Å²) in [5.41, 5.74) is 2.42. The lowest BCUT2D eigenvalue weighted by Gasteiger charge is -2.31. The summed E-state index contributed by atoms with van der Waals surface area (Å²) in [5, 5.41) is 4.28. The summed E-state index contributed by atoms with van der Waals surface area (Å²) >= 11 is 6.35. The van der Waals surface area contributed by atoms with Crippen molar-refractivity contribution in [2.24, 2.45) is 5.92 Å². The Morgan fingerprint density at radius 2 is 2.06 bits per heavy atom. The number of benzene rings is 1. The zero-order valence-electron chi connectivity index (χ0n) is 10.5. The molecule has 17 heavy (non-hydrogen) atoms. The Labute approximate surface area is 108 Å². The molecule has 0 amide bonds. The summed E-state index contributed by atoms with van der Waals surface area (Å²) in [6.45, 7) is 3.80. The van der Waals surface area contributed by atoms with Gasteiger partial charge in [-0.1, -0.05) is 23.7 Å². The van der Waals surface area contributed by atoms with Crippen molar-refractivity contribution in [3.05, 3.63) is 34.3 Å². The van der Waals surface area contributed by atoms with E-state index < -0.39 is 0 Å². The summed E-state index contributed by atoms with van der Waals surface area (Å²) < 4.78 is 5.42. The first-order chi connectivity index (χ1) is 8.22. The van der Waals surface area contributed by atoms with Crippen LogP contribution < -0.4 is 5.32 Å². The molecule has 1 aliphatic heterocycles. The van der Waals surface area contributed by atoms with Crippen LogP contribution in [0.3, 0.4) is 0 Å². The van der Waals surface area contributed by atoms with Gasteiger partial charge >= 0.3 is 0 Å². The minimum atomic E-state index is 0.340. The van der Waals surface area contributed by atoms with Crippen molar-refractivity contribution in [1.29, 1.82) is 0 Å². The van der Waals surface area contributed by atoms with Gasteiger partial charge in [-0.3, -0.25) is 0 Å². The number of hydrogen-bond acceptors (Lipinski definition) is 2. The largest absolute Gasteiger partial charge is 0.381 e. The molecule has 0 aliphatic carbocycles. The van der Waals surface area contributed by atoms with Crippen LogP contribution in [-0.2, 0) is 4.74 Å². The van der Waals surface area contributed by atoms with Gasteiger partial charge in [0.15, 0.2) is 0 Å². The third-order valence-electron chi connectivity index (χ3n) is 3.54. The predicted octanol–water partition coefficient (Wildman–Crippen LogP) is 3.34. The molecule has 1 N–H and O–H groups in total. The van der Waals surface area contributed by atoms with Gasteiger partial charge in [0.05, 0.1) is 0 Å². The first-order valence-electron chi connectivity index (χ1n) is 6.23. The fourth-order valence-corrected chi connectivity index (χ4v) is 2.93. The minimum Gasteiger partial charge on any atom is -0.381 e. The van der Waals surface area contributed by atoms with E-state index >= 15 is 0 Å². The molecule has 1 saturated heterocycles. The van der Waals surface area contributed by atoms with Crippen molar-refractivity contribution in [2.45, 2.75) is 25.8 Å². The van der Waals surface area contributed by atoms with E-state index in [-0.39, 0.29) is 0 Å². The highest BCUT2D eigenvalue weighted by Crippen LogP contribution is 2.33. The van der Waals surface area contributed by atoms with Crippen LogP contribution >= 0.6 is 11.6 Å². The van der Waals surface area contributed by atoms with Crippen molar-refractivity contribution >= 4 is 11.6 Å². The van der Waals surface area contributed by atoms with Gasteiger partial charge in [-0.05, 0) is 49.9 Å². The average Bonchev–Trinajstić information content (AvgIpc) is 2.34. The maximum atomic E-state index is 6.35. The summed E-state index contributed by atoms with van der Waals surface area (Å²) in [5.74, 6) is 0.619. The Morgan fingerprint density at radius 1 is 1.35 bits per heavy atom. The Morgan fingerprint density at radius 3 is 2.65 bits per heavy atom. The van der Waals surface area contributed by atoms with E-state index in [1.165, 1.54) is 11.1 Å². The maximum Gasteiger partial charge on any atom is 0.0469 e. The zero-order chi connectivity index (χ0) is 12.3. The summed E-state index contributed by atoms with van der Waals surface area (Å²) in [4.78, 5) is 0. The first-order valence-corrected chi connectivity index (χ1v) is 6.61. The van der Waals surface area contributed by atoms with Crippen LogP contribution in [0.4, 0.5) is 0 Å². The van der Waals surface area contributed by atoms with Crippen LogP contribution in [0.25, 0.3) is 0 Å². The van der Waals surface area contributed by atoms with Gasteiger partial charge in [0, 0.05) is 24.3 Å². The molecule has 0 saturated carbocycles. The lowest BCUT2D eigenvalue weighted by Crippen LogP contribution is -2.30. The molecule has 1 aromatic carbocycles. The molecule has 2 rings (SSSR count). The topological polar surface area (TPSA) is 21.3 Å². The van der Waals surface area contributed by atoms with Gasteiger partial charge in [-0.25, -0.2) is 0 Å². The van der Waals surface area contributed by atoms with Gasteiger partial charge in [0.2, 0.25) is 0 Å². The molecular formula is C14H20ClNO. The third kappa shape index (κ3) is 3.01. The van der Waals surface area contributed by atoms with E-state index in [4.69, 9.17) is 16.3 Å². The number of hydrogen-bond donors (Lipinski definition) is 1. The molecule has 94 valence electrons.